The first-order valence-corrected chi connectivity index (χ1v) is 13.1. The topological polar surface area (TPSA) is 73.2 Å². The van der Waals surface area contributed by atoms with Gasteiger partial charge in [0, 0.05) is 55.2 Å². The number of amides is 1. The molecule has 1 N–H and O–H groups in total. The number of carbonyl (C=O) groups excluding carboxylic acids is 2. The van der Waals surface area contributed by atoms with Gasteiger partial charge in [-0.3, -0.25) is 9.59 Å². The molecule has 0 fully saturated rings. The van der Waals surface area contributed by atoms with Crippen molar-refractivity contribution in [2.75, 3.05) is 13.2 Å². The summed E-state index contributed by atoms with van der Waals surface area (Å²) < 4.78 is 23.0. The summed E-state index contributed by atoms with van der Waals surface area (Å²) in [6, 6.07) is 3.60. The Labute approximate surface area is 217 Å². The average molecular weight is 506 g/mol. The molecule has 0 radical (unpaired) electrons. The Kier molecular flexibility index (Phi) is 8.10. The number of ketones is 1. The molecule has 2 aromatic heterocycles. The zero-order chi connectivity index (χ0) is 26.7. The van der Waals surface area contributed by atoms with Crippen LogP contribution in [0, 0.1) is 19.7 Å². The van der Waals surface area contributed by atoms with Gasteiger partial charge in [0.2, 0.25) is 5.91 Å². The molecule has 1 amide bonds. The molecule has 6 nitrogen and oxygen atoms in total. The van der Waals surface area contributed by atoms with Gasteiger partial charge in [0.25, 0.3) is 0 Å². The van der Waals surface area contributed by atoms with Gasteiger partial charge in [-0.15, -0.1) is 0 Å². The SMILES string of the molecule is C/C=C/CNC(=O)CCc1cc2c(-c3cc(F)c4c(c3C)CCCO4)c(CC(=O)CC)c(C)nc2n1C. The lowest BCUT2D eigenvalue weighted by Crippen LogP contribution is -2.23. The van der Waals surface area contributed by atoms with Gasteiger partial charge in [-0.2, -0.15) is 0 Å². The number of allylic oxidation sites excluding steroid dienone is 1. The summed E-state index contributed by atoms with van der Waals surface area (Å²) in [6.07, 6.45) is 6.95. The number of hydrogen-bond acceptors (Lipinski definition) is 4. The van der Waals surface area contributed by atoms with E-state index in [1.165, 1.54) is 0 Å². The first-order chi connectivity index (χ1) is 17.8. The van der Waals surface area contributed by atoms with E-state index < -0.39 is 0 Å². The summed E-state index contributed by atoms with van der Waals surface area (Å²) in [4.78, 5) is 29.8. The van der Waals surface area contributed by atoms with E-state index in [1.807, 2.05) is 57.5 Å². The van der Waals surface area contributed by atoms with Crippen molar-refractivity contribution in [1.29, 1.82) is 0 Å². The van der Waals surface area contributed by atoms with E-state index in [1.54, 1.807) is 6.07 Å². The summed E-state index contributed by atoms with van der Waals surface area (Å²) in [7, 11) is 1.94. The second-order valence-electron chi connectivity index (χ2n) is 9.72. The zero-order valence-corrected chi connectivity index (χ0v) is 22.5. The van der Waals surface area contributed by atoms with Gasteiger partial charge in [-0.1, -0.05) is 19.1 Å². The monoisotopic (exact) mass is 505 g/mol. The Hall–Kier alpha value is -3.48. The predicted octanol–water partition coefficient (Wildman–Crippen LogP) is 5.47. The van der Waals surface area contributed by atoms with Crippen LogP contribution in [0.15, 0.2) is 24.3 Å². The Balaban J connectivity index is 1.87. The third-order valence-electron chi connectivity index (χ3n) is 7.32. The quantitative estimate of drug-likeness (QED) is 0.392. The Bertz CT molecular complexity index is 1390. The highest BCUT2D eigenvalue weighted by atomic mass is 19.1. The zero-order valence-electron chi connectivity index (χ0n) is 22.5. The maximum Gasteiger partial charge on any atom is 0.220 e. The van der Waals surface area contributed by atoms with E-state index >= 15 is 4.39 Å². The van der Waals surface area contributed by atoms with Crippen LogP contribution in [0.2, 0.25) is 0 Å². The van der Waals surface area contributed by atoms with Gasteiger partial charge in [-0.25, -0.2) is 9.37 Å². The summed E-state index contributed by atoms with van der Waals surface area (Å²) in [5, 5.41) is 3.76. The smallest absolute Gasteiger partial charge is 0.220 e. The van der Waals surface area contributed by atoms with Crippen LogP contribution in [0.3, 0.4) is 0 Å². The van der Waals surface area contributed by atoms with Crippen molar-refractivity contribution in [3.8, 4) is 16.9 Å². The molecule has 0 saturated carbocycles. The van der Waals surface area contributed by atoms with E-state index in [2.05, 4.69) is 5.32 Å². The van der Waals surface area contributed by atoms with Crippen LogP contribution in [0.25, 0.3) is 22.2 Å². The number of hydrogen-bond donors (Lipinski definition) is 1. The number of pyridine rings is 1. The highest BCUT2D eigenvalue weighted by molar-refractivity contribution is 5.99. The van der Waals surface area contributed by atoms with Gasteiger partial charge >= 0.3 is 0 Å². The molecule has 1 aliphatic rings. The molecule has 0 spiro atoms. The number of fused-ring (bicyclic) bond motifs is 2. The van der Waals surface area contributed by atoms with Crippen molar-refractivity contribution in [3.63, 3.8) is 0 Å². The number of benzene rings is 1. The number of nitrogens with zero attached hydrogens (tertiary/aromatic N) is 2. The molecular formula is C30H36FN3O3. The molecule has 3 aromatic rings. The van der Waals surface area contributed by atoms with Crippen LogP contribution in [-0.2, 0) is 35.9 Å². The number of halogens is 1. The van der Waals surface area contributed by atoms with Crippen molar-refractivity contribution in [2.24, 2.45) is 7.05 Å². The Morgan fingerprint density at radius 3 is 2.78 bits per heavy atom. The third-order valence-corrected chi connectivity index (χ3v) is 7.32. The number of aromatic nitrogens is 2. The molecule has 0 unspecified atom stereocenters. The second-order valence-corrected chi connectivity index (χ2v) is 9.72. The van der Waals surface area contributed by atoms with E-state index in [0.717, 1.165) is 63.1 Å². The lowest BCUT2D eigenvalue weighted by Gasteiger charge is -2.23. The van der Waals surface area contributed by atoms with Crippen molar-refractivity contribution in [3.05, 3.63) is 58.2 Å². The maximum absolute atomic E-state index is 15.3. The highest BCUT2D eigenvalue weighted by Crippen LogP contribution is 2.42. The van der Waals surface area contributed by atoms with Crippen molar-refractivity contribution < 1.29 is 18.7 Å². The summed E-state index contributed by atoms with van der Waals surface area (Å²) in [6.45, 7) is 8.72. The molecule has 0 aliphatic carbocycles. The summed E-state index contributed by atoms with van der Waals surface area (Å²) in [5.41, 5.74) is 6.81. The third kappa shape index (κ3) is 5.31. The first-order valence-electron chi connectivity index (χ1n) is 13.1. The number of aryl methyl sites for hydroxylation is 3. The number of rotatable bonds is 9. The van der Waals surface area contributed by atoms with Crippen LogP contribution in [0.1, 0.15) is 61.2 Å². The van der Waals surface area contributed by atoms with Gasteiger partial charge in [0.1, 0.15) is 11.4 Å². The van der Waals surface area contributed by atoms with Crippen molar-refractivity contribution in [1.82, 2.24) is 14.9 Å². The summed E-state index contributed by atoms with van der Waals surface area (Å²) in [5.74, 6) is 0.0615. The highest BCUT2D eigenvalue weighted by Gasteiger charge is 2.26. The minimum Gasteiger partial charge on any atom is -0.490 e. The average Bonchev–Trinajstić information content (AvgIpc) is 3.20. The van der Waals surface area contributed by atoms with Gasteiger partial charge in [0.05, 0.1) is 6.61 Å². The fraction of sp³-hybridized carbons (Fsp3) is 0.433. The Morgan fingerprint density at radius 2 is 2.05 bits per heavy atom. The molecular weight excluding hydrogens is 469 g/mol. The normalized spacial score (nSPS) is 13.1. The number of Topliss-reactive ketones (excluding diaryl/α,β-unsaturated/α-hetero) is 1. The van der Waals surface area contributed by atoms with Gasteiger partial charge in [0.15, 0.2) is 11.6 Å². The molecule has 0 saturated heterocycles. The van der Waals surface area contributed by atoms with Crippen LogP contribution < -0.4 is 10.1 Å². The number of ether oxygens (including phenoxy) is 1. The lowest BCUT2D eigenvalue weighted by atomic mass is 9.87. The fourth-order valence-corrected chi connectivity index (χ4v) is 5.16. The molecule has 3 heterocycles. The van der Waals surface area contributed by atoms with Crippen molar-refractivity contribution >= 4 is 22.7 Å². The molecule has 1 aromatic carbocycles. The number of nitrogens with one attached hydrogen (secondary N) is 1. The van der Waals surface area contributed by atoms with Crippen LogP contribution >= 0.6 is 0 Å². The largest absolute Gasteiger partial charge is 0.490 e. The minimum absolute atomic E-state index is 0.0189. The number of carbonyl (C=O) groups is 2. The van der Waals surface area contributed by atoms with Crippen molar-refractivity contribution in [2.45, 2.75) is 66.2 Å². The van der Waals surface area contributed by atoms with E-state index in [9.17, 15) is 9.59 Å². The second kappa shape index (κ2) is 11.3. The molecule has 1 aliphatic heterocycles. The van der Waals surface area contributed by atoms with E-state index in [0.29, 0.717) is 38.2 Å². The van der Waals surface area contributed by atoms with Crippen LogP contribution in [-0.4, -0.2) is 34.4 Å². The molecule has 37 heavy (non-hydrogen) atoms. The summed E-state index contributed by atoms with van der Waals surface area (Å²) >= 11 is 0. The van der Waals surface area contributed by atoms with E-state index in [-0.39, 0.29) is 23.9 Å². The molecule has 7 heteroatoms. The fourth-order valence-electron chi connectivity index (χ4n) is 5.16. The van der Waals surface area contributed by atoms with Gasteiger partial charge < -0.3 is 14.6 Å². The van der Waals surface area contributed by atoms with Gasteiger partial charge in [-0.05, 0) is 74.4 Å². The Morgan fingerprint density at radius 1 is 1.27 bits per heavy atom. The molecule has 4 rings (SSSR count). The molecule has 0 atom stereocenters. The lowest BCUT2D eigenvalue weighted by molar-refractivity contribution is -0.121. The minimum atomic E-state index is -0.375. The maximum atomic E-state index is 15.3. The molecule has 0 bridgehead atoms. The molecule has 196 valence electrons. The predicted molar refractivity (Wildman–Crippen MR) is 145 cm³/mol. The first kappa shape index (κ1) is 26.6. The van der Waals surface area contributed by atoms with Crippen LogP contribution in [0.4, 0.5) is 4.39 Å². The van der Waals surface area contributed by atoms with E-state index in [4.69, 9.17) is 9.72 Å². The standard InChI is InChI=1S/C30H36FN3O3/c1-6-8-13-32-27(36)12-11-20-15-25-28(23-17-26(31)29-22(18(23)3)10-9-14-37-29)24(16-21(35)7-2)19(4)33-30(25)34(20)5/h6,8,15,17H,7,9-14,16H2,1-5H3,(H,32,36)/b8-6+. The van der Waals surface area contributed by atoms with Crippen LogP contribution in [0.5, 0.6) is 5.75 Å².